The second-order valence-electron chi connectivity index (χ2n) is 4.65. The highest BCUT2D eigenvalue weighted by atomic mass is 19.4. The summed E-state index contributed by atoms with van der Waals surface area (Å²) in [5, 5.41) is 0. The van der Waals surface area contributed by atoms with Gasteiger partial charge in [-0.15, -0.1) is 6.58 Å². The first-order valence-electron chi connectivity index (χ1n) is 6.34. The van der Waals surface area contributed by atoms with Crippen molar-refractivity contribution in [1.82, 2.24) is 0 Å². The van der Waals surface area contributed by atoms with Gasteiger partial charge in [0.2, 0.25) is 0 Å². The van der Waals surface area contributed by atoms with Crippen LogP contribution in [-0.2, 0) is 19.1 Å². The van der Waals surface area contributed by atoms with Crippen molar-refractivity contribution in [3.05, 3.63) is 12.7 Å². The molecule has 0 aliphatic heterocycles. The number of halogens is 3. The Hall–Kier alpha value is -1.53. The van der Waals surface area contributed by atoms with Gasteiger partial charge >= 0.3 is 18.1 Å². The summed E-state index contributed by atoms with van der Waals surface area (Å²) in [6, 6.07) is 0. The molecule has 0 spiro atoms. The van der Waals surface area contributed by atoms with Gasteiger partial charge in [-0.25, -0.2) is 4.79 Å². The molecule has 4 nitrogen and oxygen atoms in total. The molecule has 0 radical (unpaired) electrons. The molecule has 1 aliphatic carbocycles. The molecule has 1 aliphatic rings. The Labute approximate surface area is 114 Å². The number of ether oxygens (including phenoxy) is 2. The topological polar surface area (TPSA) is 52.6 Å². The van der Waals surface area contributed by atoms with Gasteiger partial charge in [-0.3, -0.25) is 4.79 Å². The maximum atomic E-state index is 12.3. The fraction of sp³-hybridized carbons (Fsp3) is 0.692. The van der Waals surface area contributed by atoms with E-state index in [4.69, 9.17) is 4.74 Å². The molecule has 2 atom stereocenters. The molecule has 0 saturated heterocycles. The van der Waals surface area contributed by atoms with Crippen LogP contribution >= 0.6 is 0 Å². The van der Waals surface area contributed by atoms with Gasteiger partial charge in [-0.2, -0.15) is 13.2 Å². The van der Waals surface area contributed by atoms with E-state index in [0.29, 0.717) is 12.8 Å². The van der Waals surface area contributed by atoms with Crippen LogP contribution in [0, 0.1) is 5.41 Å². The highest BCUT2D eigenvalue weighted by Gasteiger charge is 2.54. The van der Waals surface area contributed by atoms with E-state index in [2.05, 4.69) is 11.3 Å². The number of rotatable bonds is 5. The summed E-state index contributed by atoms with van der Waals surface area (Å²) in [5.41, 5.74) is -1.25. The molecule has 20 heavy (non-hydrogen) atoms. The van der Waals surface area contributed by atoms with Crippen LogP contribution in [0.5, 0.6) is 0 Å². The predicted molar refractivity (Wildman–Crippen MR) is 63.7 cm³/mol. The van der Waals surface area contributed by atoms with Crippen molar-refractivity contribution in [2.45, 2.75) is 44.9 Å². The van der Waals surface area contributed by atoms with Crippen molar-refractivity contribution in [2.24, 2.45) is 5.41 Å². The number of hydrogen-bond donors (Lipinski definition) is 0. The Morgan fingerprint density at radius 1 is 1.45 bits per heavy atom. The van der Waals surface area contributed by atoms with Crippen LogP contribution in [0.2, 0.25) is 0 Å². The van der Waals surface area contributed by atoms with Crippen LogP contribution in [-0.4, -0.2) is 30.8 Å². The second-order valence-corrected chi connectivity index (χ2v) is 4.65. The molecule has 7 heteroatoms. The van der Waals surface area contributed by atoms with Gasteiger partial charge in [-0.1, -0.05) is 6.08 Å². The number of esters is 2. The van der Waals surface area contributed by atoms with Crippen molar-refractivity contribution >= 4 is 11.9 Å². The third-order valence-electron chi connectivity index (χ3n) is 3.38. The summed E-state index contributed by atoms with van der Waals surface area (Å²) >= 11 is 0. The van der Waals surface area contributed by atoms with Crippen LogP contribution in [0.25, 0.3) is 0 Å². The first kappa shape index (κ1) is 16.5. The third-order valence-corrected chi connectivity index (χ3v) is 3.38. The highest BCUT2D eigenvalue weighted by Crippen LogP contribution is 2.45. The number of carbonyl (C=O) groups excluding carboxylic acids is 2. The first-order valence-corrected chi connectivity index (χ1v) is 6.34. The van der Waals surface area contributed by atoms with Crippen LogP contribution in [0.1, 0.15) is 32.6 Å². The Morgan fingerprint density at radius 3 is 2.60 bits per heavy atom. The summed E-state index contributed by atoms with van der Waals surface area (Å²) in [5.74, 6) is -2.92. The number of hydrogen-bond acceptors (Lipinski definition) is 4. The molecule has 0 unspecified atom stereocenters. The average molecular weight is 294 g/mol. The molecular weight excluding hydrogens is 277 g/mol. The summed E-state index contributed by atoms with van der Waals surface area (Å²) in [6.45, 7) is 5.21. The number of alkyl halides is 3. The van der Waals surface area contributed by atoms with Gasteiger partial charge in [0, 0.05) is 0 Å². The molecule has 0 aromatic heterocycles. The molecule has 0 heterocycles. The fourth-order valence-electron chi connectivity index (χ4n) is 2.49. The van der Waals surface area contributed by atoms with Crippen molar-refractivity contribution in [3.8, 4) is 0 Å². The van der Waals surface area contributed by atoms with Crippen LogP contribution in [0.4, 0.5) is 13.2 Å². The van der Waals surface area contributed by atoms with E-state index >= 15 is 0 Å². The van der Waals surface area contributed by atoms with E-state index in [0.717, 1.165) is 0 Å². The smallest absolute Gasteiger partial charge is 0.465 e. The van der Waals surface area contributed by atoms with E-state index in [-0.39, 0.29) is 19.4 Å². The molecule has 114 valence electrons. The lowest BCUT2D eigenvalue weighted by Gasteiger charge is -2.31. The Morgan fingerprint density at radius 2 is 2.10 bits per heavy atom. The van der Waals surface area contributed by atoms with Crippen molar-refractivity contribution < 1.29 is 32.2 Å². The molecule has 1 saturated carbocycles. The van der Waals surface area contributed by atoms with E-state index in [9.17, 15) is 22.8 Å². The highest BCUT2D eigenvalue weighted by molar-refractivity contribution is 5.80. The van der Waals surface area contributed by atoms with Gasteiger partial charge in [-0.05, 0) is 32.6 Å². The fourth-order valence-corrected chi connectivity index (χ4v) is 2.49. The van der Waals surface area contributed by atoms with Crippen LogP contribution in [0.15, 0.2) is 12.7 Å². The normalized spacial score (nSPS) is 26.1. The summed E-state index contributed by atoms with van der Waals surface area (Å²) in [4.78, 5) is 23.0. The molecule has 0 aromatic rings. The minimum Gasteiger partial charge on any atom is -0.465 e. The minimum absolute atomic E-state index is 0.109. The zero-order chi connectivity index (χ0) is 15.4. The van der Waals surface area contributed by atoms with Gasteiger partial charge in [0.25, 0.3) is 0 Å². The Balaban J connectivity index is 2.95. The maximum Gasteiger partial charge on any atom is 0.490 e. The summed E-state index contributed by atoms with van der Waals surface area (Å²) in [7, 11) is 0. The zero-order valence-corrected chi connectivity index (χ0v) is 11.2. The summed E-state index contributed by atoms with van der Waals surface area (Å²) < 4.78 is 46.3. The van der Waals surface area contributed by atoms with Crippen molar-refractivity contribution in [3.63, 3.8) is 0 Å². The van der Waals surface area contributed by atoms with Crippen molar-refractivity contribution in [1.29, 1.82) is 0 Å². The predicted octanol–water partition coefficient (Wildman–Crippen LogP) is 2.77. The SMILES string of the molecule is C=CC[C@]1(C(=O)OCC)CCC[C@H]1OC(=O)C(F)(F)F. The molecule has 1 fully saturated rings. The van der Waals surface area contributed by atoms with Crippen LogP contribution in [0.3, 0.4) is 0 Å². The lowest BCUT2D eigenvalue weighted by molar-refractivity contribution is -0.211. The Kier molecular flexibility index (Phi) is 5.19. The second kappa shape index (κ2) is 6.28. The quantitative estimate of drug-likeness (QED) is 0.578. The van der Waals surface area contributed by atoms with Crippen LogP contribution < -0.4 is 0 Å². The number of allylic oxidation sites excluding steroid dienone is 1. The average Bonchev–Trinajstić information content (AvgIpc) is 2.73. The van der Waals surface area contributed by atoms with Gasteiger partial charge in [0.1, 0.15) is 11.5 Å². The first-order chi connectivity index (χ1) is 9.28. The van der Waals surface area contributed by atoms with Gasteiger partial charge in [0.15, 0.2) is 0 Å². The minimum atomic E-state index is -5.07. The van der Waals surface area contributed by atoms with Gasteiger partial charge in [0.05, 0.1) is 6.61 Å². The lowest BCUT2D eigenvalue weighted by Crippen LogP contribution is -2.43. The molecule has 0 amide bonds. The monoisotopic (exact) mass is 294 g/mol. The Bertz CT molecular complexity index is 392. The molecule has 0 aromatic carbocycles. The zero-order valence-electron chi connectivity index (χ0n) is 11.2. The number of carbonyl (C=O) groups is 2. The standard InChI is InChI=1S/C13H17F3O4/c1-3-7-12(10(17)19-4-2)8-5-6-9(12)20-11(18)13(14,15)16/h3,9H,1,4-8H2,2H3/t9-,12+/m1/s1. The van der Waals surface area contributed by atoms with E-state index in [1.807, 2.05) is 0 Å². The van der Waals surface area contributed by atoms with E-state index in [1.54, 1.807) is 6.92 Å². The lowest BCUT2D eigenvalue weighted by atomic mass is 9.80. The maximum absolute atomic E-state index is 12.3. The van der Waals surface area contributed by atoms with E-state index < -0.39 is 29.6 Å². The molecule has 0 bridgehead atoms. The summed E-state index contributed by atoms with van der Waals surface area (Å²) in [6.07, 6.45) is -3.66. The van der Waals surface area contributed by atoms with E-state index in [1.165, 1.54) is 6.08 Å². The third kappa shape index (κ3) is 3.32. The molecule has 0 N–H and O–H groups in total. The molecular formula is C13H17F3O4. The largest absolute Gasteiger partial charge is 0.490 e. The van der Waals surface area contributed by atoms with Crippen molar-refractivity contribution in [2.75, 3.05) is 6.61 Å². The molecule has 1 rings (SSSR count). The van der Waals surface area contributed by atoms with Gasteiger partial charge < -0.3 is 9.47 Å².